The average Bonchev–Trinajstić information content (AvgIpc) is 3.03. The molecule has 0 bridgehead atoms. The summed E-state index contributed by atoms with van der Waals surface area (Å²) in [7, 11) is 1.84. The van der Waals surface area contributed by atoms with Gasteiger partial charge in [-0.25, -0.2) is 4.98 Å². The molecule has 9 heteroatoms. The van der Waals surface area contributed by atoms with Gasteiger partial charge in [0.15, 0.2) is 5.82 Å². The molecule has 0 aliphatic heterocycles. The van der Waals surface area contributed by atoms with E-state index >= 15 is 0 Å². The minimum absolute atomic E-state index is 0.125. The smallest absolute Gasteiger partial charge is 0.243 e. The zero-order valence-corrected chi connectivity index (χ0v) is 15.3. The summed E-state index contributed by atoms with van der Waals surface area (Å²) in [6, 6.07) is 0.304. The Balaban J connectivity index is 1.65. The van der Waals surface area contributed by atoms with Crippen molar-refractivity contribution in [2.24, 2.45) is 7.05 Å². The van der Waals surface area contributed by atoms with Crippen LogP contribution in [-0.2, 0) is 11.8 Å². The summed E-state index contributed by atoms with van der Waals surface area (Å²) in [4.78, 5) is 20.2. The molecule has 2 aromatic heterocycles. The van der Waals surface area contributed by atoms with Crippen molar-refractivity contribution in [2.45, 2.75) is 37.8 Å². The number of rotatable bonds is 6. The molecule has 3 N–H and O–H groups in total. The van der Waals surface area contributed by atoms with Crippen LogP contribution in [0.4, 0.5) is 17.5 Å². The second-order valence-electron chi connectivity index (χ2n) is 6.34. The summed E-state index contributed by atoms with van der Waals surface area (Å²) in [5.41, 5.74) is 0.797. The van der Waals surface area contributed by atoms with Gasteiger partial charge in [-0.1, -0.05) is 18.2 Å². The van der Waals surface area contributed by atoms with E-state index in [0.717, 1.165) is 31.4 Å². The quantitative estimate of drug-likeness (QED) is 0.671. The highest BCUT2D eigenvalue weighted by atomic mass is 35.5. The number of nitrogens with zero attached hydrogens (tertiary/aromatic N) is 4. The highest BCUT2D eigenvalue weighted by Gasteiger charge is 2.23. The molecule has 2 atom stereocenters. The van der Waals surface area contributed by atoms with Gasteiger partial charge in [-0.15, -0.1) is 0 Å². The number of nitrogens with one attached hydrogen (secondary N) is 3. The van der Waals surface area contributed by atoms with Crippen LogP contribution in [0.2, 0.25) is 5.02 Å². The molecule has 1 aliphatic carbocycles. The number of aryl methyl sites for hydroxylation is 1. The Labute approximate surface area is 157 Å². The van der Waals surface area contributed by atoms with Crippen molar-refractivity contribution in [1.82, 2.24) is 25.1 Å². The van der Waals surface area contributed by atoms with Crippen molar-refractivity contribution in [2.75, 3.05) is 10.6 Å². The van der Waals surface area contributed by atoms with Crippen molar-refractivity contribution in [3.05, 3.63) is 36.3 Å². The molecule has 1 saturated carbocycles. The van der Waals surface area contributed by atoms with Crippen LogP contribution >= 0.6 is 11.6 Å². The van der Waals surface area contributed by atoms with Gasteiger partial charge < -0.3 is 16.0 Å². The minimum atomic E-state index is -0.140. The predicted octanol–water partition coefficient (Wildman–Crippen LogP) is 2.63. The van der Waals surface area contributed by atoms with Gasteiger partial charge in [0.1, 0.15) is 5.02 Å². The van der Waals surface area contributed by atoms with Gasteiger partial charge in [0, 0.05) is 25.3 Å². The first-order chi connectivity index (χ1) is 12.5. The van der Waals surface area contributed by atoms with Crippen molar-refractivity contribution < 1.29 is 4.79 Å². The van der Waals surface area contributed by atoms with Crippen LogP contribution in [0.5, 0.6) is 0 Å². The Bertz CT molecular complexity index is 791. The molecule has 2 aromatic rings. The Kier molecular flexibility index (Phi) is 5.72. The van der Waals surface area contributed by atoms with Gasteiger partial charge in [0.2, 0.25) is 11.9 Å². The molecule has 1 fully saturated rings. The second kappa shape index (κ2) is 8.18. The Hall–Kier alpha value is -2.61. The molecule has 8 nitrogen and oxygen atoms in total. The van der Waals surface area contributed by atoms with E-state index in [4.69, 9.17) is 11.6 Å². The van der Waals surface area contributed by atoms with E-state index in [1.807, 2.05) is 13.2 Å². The summed E-state index contributed by atoms with van der Waals surface area (Å²) in [5.74, 6) is 0.879. The maximum absolute atomic E-state index is 11.5. The second-order valence-corrected chi connectivity index (χ2v) is 6.74. The van der Waals surface area contributed by atoms with Crippen LogP contribution in [0, 0.1) is 0 Å². The molecular formula is C17H22ClN7O. The van der Waals surface area contributed by atoms with E-state index in [-0.39, 0.29) is 18.0 Å². The fourth-order valence-corrected chi connectivity index (χ4v) is 3.19. The maximum atomic E-state index is 11.5. The fourth-order valence-electron chi connectivity index (χ4n) is 3.05. The topological polar surface area (TPSA) is 96.8 Å². The number of hydrogen-bond acceptors (Lipinski definition) is 6. The SMILES string of the molecule is C=CC(=O)N[C@H]1CCC[C@H](Nc2nc(Nc3cnn(C)c3)ncc2Cl)C1. The van der Waals surface area contributed by atoms with Gasteiger partial charge >= 0.3 is 0 Å². The van der Waals surface area contributed by atoms with Crippen LogP contribution in [0.25, 0.3) is 0 Å². The first-order valence-electron chi connectivity index (χ1n) is 8.51. The molecule has 0 spiro atoms. The molecule has 26 heavy (non-hydrogen) atoms. The van der Waals surface area contributed by atoms with Crippen LogP contribution < -0.4 is 16.0 Å². The number of anilines is 3. The standard InChI is InChI=1S/C17H22ClN7O/c1-3-15(26)21-11-5-4-6-12(7-11)22-16-14(18)9-19-17(24-16)23-13-8-20-25(2)10-13/h3,8-12H,1,4-7H2,2H3,(H,21,26)(H2,19,22,23,24)/t11-,12-/m0/s1. The van der Waals surface area contributed by atoms with Gasteiger partial charge in [0.25, 0.3) is 0 Å². The first-order valence-corrected chi connectivity index (χ1v) is 8.89. The van der Waals surface area contributed by atoms with Crippen molar-refractivity contribution in [1.29, 1.82) is 0 Å². The van der Waals surface area contributed by atoms with Crippen LogP contribution in [0.1, 0.15) is 25.7 Å². The lowest BCUT2D eigenvalue weighted by molar-refractivity contribution is -0.117. The summed E-state index contributed by atoms with van der Waals surface area (Å²) in [6.07, 6.45) is 10.2. The molecule has 0 unspecified atom stereocenters. The van der Waals surface area contributed by atoms with E-state index in [1.54, 1.807) is 17.1 Å². The van der Waals surface area contributed by atoms with E-state index in [0.29, 0.717) is 16.8 Å². The lowest BCUT2D eigenvalue weighted by Gasteiger charge is -2.30. The molecule has 138 valence electrons. The lowest BCUT2D eigenvalue weighted by Crippen LogP contribution is -2.41. The maximum Gasteiger partial charge on any atom is 0.243 e. The average molecular weight is 376 g/mol. The van der Waals surface area contributed by atoms with E-state index < -0.39 is 0 Å². The molecular weight excluding hydrogens is 354 g/mol. The zero-order chi connectivity index (χ0) is 18.5. The number of hydrogen-bond donors (Lipinski definition) is 3. The third-order valence-corrected chi connectivity index (χ3v) is 4.53. The van der Waals surface area contributed by atoms with Crippen LogP contribution in [0.15, 0.2) is 31.2 Å². The van der Waals surface area contributed by atoms with Crippen molar-refractivity contribution in [3.63, 3.8) is 0 Å². The van der Waals surface area contributed by atoms with Crippen LogP contribution in [-0.4, -0.2) is 37.7 Å². The third-order valence-electron chi connectivity index (χ3n) is 4.25. The molecule has 1 aliphatic rings. The number of halogens is 1. The van der Waals surface area contributed by atoms with Crippen molar-refractivity contribution in [3.8, 4) is 0 Å². The molecule has 0 radical (unpaired) electrons. The Morgan fingerprint density at radius 3 is 2.92 bits per heavy atom. The lowest BCUT2D eigenvalue weighted by atomic mass is 9.91. The number of amides is 1. The summed E-state index contributed by atoms with van der Waals surface area (Å²) in [6.45, 7) is 3.50. The third kappa shape index (κ3) is 4.72. The number of carbonyl (C=O) groups excluding carboxylic acids is 1. The monoisotopic (exact) mass is 375 g/mol. The van der Waals surface area contributed by atoms with Crippen molar-refractivity contribution >= 4 is 35.0 Å². The normalized spacial score (nSPS) is 19.6. The van der Waals surface area contributed by atoms with E-state index in [2.05, 4.69) is 37.6 Å². The largest absolute Gasteiger partial charge is 0.366 e. The zero-order valence-electron chi connectivity index (χ0n) is 14.6. The first kappa shape index (κ1) is 18.2. The Morgan fingerprint density at radius 2 is 2.19 bits per heavy atom. The predicted molar refractivity (Wildman–Crippen MR) is 102 cm³/mol. The van der Waals surface area contributed by atoms with Gasteiger partial charge in [0.05, 0.1) is 18.1 Å². The molecule has 0 aromatic carbocycles. The minimum Gasteiger partial charge on any atom is -0.366 e. The molecule has 0 saturated heterocycles. The van der Waals surface area contributed by atoms with Gasteiger partial charge in [-0.2, -0.15) is 10.1 Å². The van der Waals surface area contributed by atoms with Gasteiger partial charge in [-0.05, 0) is 31.8 Å². The number of carbonyl (C=O) groups is 1. The summed E-state index contributed by atoms with van der Waals surface area (Å²) < 4.78 is 1.69. The molecule has 3 rings (SSSR count). The molecule has 1 amide bonds. The Morgan fingerprint density at radius 1 is 1.38 bits per heavy atom. The molecule has 2 heterocycles. The summed E-state index contributed by atoms with van der Waals surface area (Å²) >= 11 is 6.25. The van der Waals surface area contributed by atoms with E-state index in [9.17, 15) is 4.79 Å². The van der Waals surface area contributed by atoms with E-state index in [1.165, 1.54) is 6.08 Å². The fraction of sp³-hybridized carbons (Fsp3) is 0.412. The number of aromatic nitrogens is 4. The summed E-state index contributed by atoms with van der Waals surface area (Å²) in [5, 5.41) is 14.0. The van der Waals surface area contributed by atoms with Crippen LogP contribution in [0.3, 0.4) is 0 Å². The highest BCUT2D eigenvalue weighted by molar-refractivity contribution is 6.32. The highest BCUT2D eigenvalue weighted by Crippen LogP contribution is 2.26. The van der Waals surface area contributed by atoms with Gasteiger partial charge in [-0.3, -0.25) is 9.48 Å².